The second kappa shape index (κ2) is 7.86. The molecule has 0 unspecified atom stereocenters. The molecule has 0 amide bonds. The molecule has 3 rings (SSSR count). The molecule has 0 spiro atoms. The van der Waals surface area contributed by atoms with Crippen LogP contribution in [0.15, 0.2) is 59.5 Å². The number of halogens is 1. The fourth-order valence-electron chi connectivity index (χ4n) is 2.84. The minimum absolute atomic E-state index is 0. The number of nitrogens with zero attached hydrogens (tertiary/aromatic N) is 1. The largest absolute Gasteiger partial charge is 1.00 e. The Morgan fingerprint density at radius 3 is 2.35 bits per heavy atom. The first-order valence-corrected chi connectivity index (χ1v) is 8.84. The Bertz CT molecular complexity index is 651. The molecule has 3 heteroatoms. The Kier molecular flexibility index (Phi) is 6.34. The molecule has 0 atom stereocenters. The molecule has 1 aliphatic rings. The average molecular weight is 437 g/mol. The maximum atomic E-state index is 2.44. The summed E-state index contributed by atoms with van der Waals surface area (Å²) in [7, 11) is 6.76. The van der Waals surface area contributed by atoms with Gasteiger partial charge in [-0.05, 0) is 28.3 Å². The van der Waals surface area contributed by atoms with Gasteiger partial charge in [-0.2, -0.15) is 0 Å². The van der Waals surface area contributed by atoms with Gasteiger partial charge in [0.2, 0.25) is 0 Å². The van der Waals surface area contributed by atoms with Gasteiger partial charge in [0.1, 0.15) is 0 Å². The number of thioether (sulfide) groups is 1. The zero-order valence-electron chi connectivity index (χ0n) is 14.1. The van der Waals surface area contributed by atoms with Crippen molar-refractivity contribution in [1.82, 2.24) is 0 Å². The molecule has 0 aliphatic carbocycles. The van der Waals surface area contributed by atoms with E-state index in [1.165, 1.54) is 27.2 Å². The van der Waals surface area contributed by atoms with E-state index in [0.717, 1.165) is 23.2 Å². The number of rotatable bonds is 3. The topological polar surface area (TPSA) is 0 Å². The van der Waals surface area contributed by atoms with Crippen LogP contribution < -0.4 is 24.0 Å². The van der Waals surface area contributed by atoms with Crippen LogP contribution in [0.4, 0.5) is 0 Å². The molecule has 1 nitrogen and oxygen atoms in total. The van der Waals surface area contributed by atoms with Crippen molar-refractivity contribution in [2.24, 2.45) is 0 Å². The van der Waals surface area contributed by atoms with E-state index >= 15 is 0 Å². The van der Waals surface area contributed by atoms with Crippen LogP contribution in [0.3, 0.4) is 0 Å². The maximum Gasteiger partial charge on any atom is 0.0815 e. The van der Waals surface area contributed by atoms with Crippen LogP contribution in [0.25, 0.3) is 5.57 Å². The minimum atomic E-state index is 0. The molecule has 0 saturated carbocycles. The van der Waals surface area contributed by atoms with E-state index in [1.807, 2.05) is 11.8 Å². The molecule has 0 bridgehead atoms. The summed E-state index contributed by atoms with van der Waals surface area (Å²) in [6.07, 6.45) is 3.54. The molecule has 122 valence electrons. The number of quaternary nitrogens is 1. The van der Waals surface area contributed by atoms with Crippen molar-refractivity contribution in [3.63, 3.8) is 0 Å². The quantitative estimate of drug-likeness (QED) is 0.522. The molecule has 0 N–H and O–H groups in total. The van der Waals surface area contributed by atoms with Gasteiger partial charge in [-0.25, -0.2) is 0 Å². The predicted octanol–water partition coefficient (Wildman–Crippen LogP) is 1.82. The highest BCUT2D eigenvalue weighted by Gasteiger charge is 2.18. The molecule has 1 heterocycles. The van der Waals surface area contributed by atoms with Crippen LogP contribution in [-0.4, -0.2) is 32.2 Å². The van der Waals surface area contributed by atoms with Gasteiger partial charge >= 0.3 is 0 Å². The monoisotopic (exact) mass is 437 g/mol. The van der Waals surface area contributed by atoms with E-state index in [2.05, 4.69) is 75.7 Å². The normalized spacial score (nSPS) is 15.3. The van der Waals surface area contributed by atoms with Crippen molar-refractivity contribution >= 4 is 17.3 Å². The average Bonchev–Trinajstić information content (AvgIpc) is 2.64. The summed E-state index contributed by atoms with van der Waals surface area (Å²) < 4.78 is 1.00. The number of benzene rings is 2. The fourth-order valence-corrected chi connectivity index (χ4v) is 3.91. The van der Waals surface area contributed by atoms with E-state index < -0.39 is 0 Å². The summed E-state index contributed by atoms with van der Waals surface area (Å²) in [5.74, 6) is 1.06. The van der Waals surface area contributed by atoms with Gasteiger partial charge < -0.3 is 28.5 Å². The van der Waals surface area contributed by atoms with Gasteiger partial charge in [0.25, 0.3) is 0 Å². The molecule has 1 aliphatic heterocycles. The van der Waals surface area contributed by atoms with Crippen LogP contribution in [0.1, 0.15) is 23.1 Å². The van der Waals surface area contributed by atoms with E-state index in [1.54, 1.807) is 0 Å². The van der Waals surface area contributed by atoms with Crippen LogP contribution in [0, 0.1) is 0 Å². The van der Waals surface area contributed by atoms with Gasteiger partial charge in [-0.15, -0.1) is 11.8 Å². The van der Waals surface area contributed by atoms with Crippen molar-refractivity contribution in [3.8, 4) is 0 Å². The summed E-state index contributed by atoms with van der Waals surface area (Å²) in [4.78, 5) is 1.40. The molecular formula is C20H24INS. The van der Waals surface area contributed by atoms with Gasteiger partial charge in [-0.3, -0.25) is 0 Å². The van der Waals surface area contributed by atoms with Crippen LogP contribution in [0.2, 0.25) is 0 Å². The molecule has 2 aromatic rings. The lowest BCUT2D eigenvalue weighted by molar-refractivity contribution is -0.869. The molecule has 0 radical (unpaired) electrons. The molecule has 0 aromatic heterocycles. The van der Waals surface area contributed by atoms with Gasteiger partial charge in [0, 0.05) is 17.1 Å². The van der Waals surface area contributed by atoms with Crippen LogP contribution in [0.5, 0.6) is 0 Å². The van der Waals surface area contributed by atoms with Crippen LogP contribution >= 0.6 is 11.8 Å². The fraction of sp³-hybridized carbons (Fsp3) is 0.300. The van der Waals surface area contributed by atoms with E-state index in [9.17, 15) is 0 Å². The summed E-state index contributed by atoms with van der Waals surface area (Å²) in [5.41, 5.74) is 5.64. The summed E-state index contributed by atoms with van der Waals surface area (Å²) in [6.45, 7) is 1.15. The van der Waals surface area contributed by atoms with Crippen LogP contribution in [-0.2, 0) is 5.75 Å². The Morgan fingerprint density at radius 1 is 0.957 bits per heavy atom. The zero-order valence-corrected chi connectivity index (χ0v) is 17.0. The number of hydrogen-bond donors (Lipinski definition) is 0. The SMILES string of the molecule is C[N+](C)(C)CC/C=C1/c2ccccc2CSc2ccccc21.[I-]. The molecule has 23 heavy (non-hydrogen) atoms. The Hall–Kier alpha value is -0.780. The second-order valence-corrected chi connectivity index (χ2v) is 7.88. The van der Waals surface area contributed by atoms with Gasteiger partial charge in [0.15, 0.2) is 0 Å². The summed E-state index contributed by atoms with van der Waals surface area (Å²) >= 11 is 1.95. The third-order valence-corrected chi connectivity index (χ3v) is 5.14. The highest BCUT2D eigenvalue weighted by atomic mass is 127. The molecule has 2 aromatic carbocycles. The minimum Gasteiger partial charge on any atom is -1.00 e. The lowest BCUT2D eigenvalue weighted by Gasteiger charge is -2.23. The first-order chi connectivity index (χ1) is 10.5. The molecule has 0 saturated heterocycles. The lowest BCUT2D eigenvalue weighted by Crippen LogP contribution is -3.00. The van der Waals surface area contributed by atoms with Crippen molar-refractivity contribution in [1.29, 1.82) is 0 Å². The number of fused-ring (bicyclic) bond motifs is 2. The first kappa shape index (κ1) is 18.6. The first-order valence-electron chi connectivity index (χ1n) is 7.86. The van der Waals surface area contributed by atoms with E-state index in [-0.39, 0.29) is 24.0 Å². The Morgan fingerprint density at radius 2 is 1.61 bits per heavy atom. The highest BCUT2D eigenvalue weighted by molar-refractivity contribution is 7.98. The van der Waals surface area contributed by atoms with E-state index in [0.29, 0.717) is 0 Å². The third-order valence-electron chi connectivity index (χ3n) is 4.02. The second-order valence-electron chi connectivity index (χ2n) is 6.86. The predicted molar refractivity (Wildman–Crippen MR) is 97.0 cm³/mol. The lowest BCUT2D eigenvalue weighted by atomic mass is 9.93. The third kappa shape index (κ3) is 4.61. The highest BCUT2D eigenvalue weighted by Crippen LogP contribution is 2.39. The Labute approximate surface area is 161 Å². The van der Waals surface area contributed by atoms with Crippen molar-refractivity contribution in [2.75, 3.05) is 27.7 Å². The smallest absolute Gasteiger partial charge is 0.0815 e. The standard InChI is InChI=1S/C20H24NS.HI/c1-21(2,3)14-8-12-18-17-10-5-4-9-16(17)15-22-20-13-7-6-11-19(18)20;/h4-7,9-13H,8,14-15H2,1-3H3;1H/q+1;/p-1/b18-12-;. The van der Waals surface area contributed by atoms with Gasteiger partial charge in [0.05, 0.1) is 27.7 Å². The van der Waals surface area contributed by atoms with Gasteiger partial charge in [-0.1, -0.05) is 48.5 Å². The zero-order chi connectivity index (χ0) is 15.6. The number of hydrogen-bond acceptors (Lipinski definition) is 1. The van der Waals surface area contributed by atoms with Crippen molar-refractivity contribution < 1.29 is 28.5 Å². The summed E-state index contributed by atoms with van der Waals surface area (Å²) in [5, 5.41) is 0. The summed E-state index contributed by atoms with van der Waals surface area (Å²) in [6, 6.07) is 17.7. The Balaban J connectivity index is 0.00000192. The van der Waals surface area contributed by atoms with Crippen molar-refractivity contribution in [2.45, 2.75) is 17.1 Å². The molecular weight excluding hydrogens is 413 g/mol. The maximum absolute atomic E-state index is 2.44. The molecule has 0 fully saturated rings. The van der Waals surface area contributed by atoms with E-state index in [4.69, 9.17) is 0 Å². The van der Waals surface area contributed by atoms with Crippen molar-refractivity contribution in [3.05, 3.63) is 71.3 Å².